The highest BCUT2D eigenvalue weighted by Gasteiger charge is 2.17. The standard InChI is InChI=1S/C42H26O/c1-2-10-30-25-32(22-19-27(30)9-1)42-36-14-5-3-12-34(36)41(35-13-4-6-15-37(35)42)29-20-17-28(18-21-29)31-23-24-40-38(26-31)33-11-7-8-16-39(33)43-40/h1-26H/i17D,18D,20D,21D. The van der Waals surface area contributed by atoms with Crippen LogP contribution >= 0.6 is 0 Å². The van der Waals surface area contributed by atoms with E-state index in [1.807, 2.05) is 91.0 Å². The summed E-state index contributed by atoms with van der Waals surface area (Å²) < 4.78 is 43.3. The van der Waals surface area contributed by atoms with Gasteiger partial charge in [-0.15, -0.1) is 0 Å². The van der Waals surface area contributed by atoms with E-state index in [2.05, 4.69) is 42.5 Å². The molecule has 0 N–H and O–H groups in total. The smallest absolute Gasteiger partial charge is 0.135 e. The highest BCUT2D eigenvalue weighted by atomic mass is 16.3. The predicted molar refractivity (Wildman–Crippen MR) is 183 cm³/mol. The fraction of sp³-hybridized carbons (Fsp3) is 0. The van der Waals surface area contributed by atoms with Crippen LogP contribution < -0.4 is 0 Å². The zero-order valence-corrected chi connectivity index (χ0v) is 23.1. The number of fused-ring (bicyclic) bond motifs is 6. The highest BCUT2D eigenvalue weighted by molar-refractivity contribution is 6.21. The third kappa shape index (κ3) is 3.79. The lowest BCUT2D eigenvalue weighted by atomic mass is 9.85. The van der Waals surface area contributed by atoms with Gasteiger partial charge < -0.3 is 4.42 Å². The van der Waals surface area contributed by atoms with Gasteiger partial charge in [0.25, 0.3) is 0 Å². The van der Waals surface area contributed by atoms with Crippen molar-refractivity contribution in [2.75, 3.05) is 0 Å². The van der Waals surface area contributed by atoms with E-state index >= 15 is 0 Å². The van der Waals surface area contributed by atoms with Gasteiger partial charge in [-0.1, -0.05) is 133 Å². The van der Waals surface area contributed by atoms with E-state index in [0.29, 0.717) is 22.3 Å². The summed E-state index contributed by atoms with van der Waals surface area (Å²) in [7, 11) is 0. The summed E-state index contributed by atoms with van der Waals surface area (Å²) in [5.74, 6) is 0. The van der Waals surface area contributed by atoms with Crippen LogP contribution in [0.1, 0.15) is 5.48 Å². The number of benzene rings is 8. The monoisotopic (exact) mass is 550 g/mol. The molecule has 0 unspecified atom stereocenters. The molecule has 43 heavy (non-hydrogen) atoms. The first-order chi connectivity index (χ1) is 23.0. The molecule has 1 nitrogen and oxygen atoms in total. The number of hydrogen-bond donors (Lipinski definition) is 0. The predicted octanol–water partition coefficient (Wildman–Crippen LogP) is 12.0. The Labute approximate surface area is 254 Å². The molecule has 1 heterocycles. The van der Waals surface area contributed by atoms with E-state index in [-0.39, 0.29) is 29.7 Å². The fourth-order valence-electron chi connectivity index (χ4n) is 6.52. The Morgan fingerprint density at radius 3 is 1.56 bits per heavy atom. The van der Waals surface area contributed by atoms with Crippen LogP contribution in [0, 0.1) is 0 Å². The molecule has 0 amide bonds. The summed E-state index contributed by atoms with van der Waals surface area (Å²) in [6.07, 6.45) is 0. The van der Waals surface area contributed by atoms with E-state index in [1.54, 1.807) is 0 Å². The summed E-state index contributed by atoms with van der Waals surface area (Å²) in [6, 6.07) is 44.1. The van der Waals surface area contributed by atoms with Crippen molar-refractivity contribution < 1.29 is 9.90 Å². The normalized spacial score (nSPS) is 13.0. The van der Waals surface area contributed by atoms with Crippen molar-refractivity contribution in [1.29, 1.82) is 0 Å². The van der Waals surface area contributed by atoms with Crippen molar-refractivity contribution in [3.05, 3.63) is 158 Å². The molecule has 0 radical (unpaired) electrons. The second-order valence-electron chi connectivity index (χ2n) is 11.0. The molecular formula is C42H26O. The van der Waals surface area contributed by atoms with Gasteiger partial charge in [-0.05, 0) is 90.0 Å². The van der Waals surface area contributed by atoms with Crippen LogP contribution in [0.15, 0.2) is 162 Å². The van der Waals surface area contributed by atoms with E-state index in [4.69, 9.17) is 4.42 Å². The Balaban J connectivity index is 1.32. The molecule has 0 fully saturated rings. The molecular weight excluding hydrogens is 520 g/mol. The van der Waals surface area contributed by atoms with E-state index in [0.717, 1.165) is 54.4 Å². The maximum Gasteiger partial charge on any atom is 0.135 e. The van der Waals surface area contributed by atoms with Crippen LogP contribution in [-0.2, 0) is 0 Å². The molecule has 8 aromatic carbocycles. The number of hydrogen-bond acceptors (Lipinski definition) is 1. The summed E-state index contributed by atoms with van der Waals surface area (Å²) in [6.45, 7) is 0. The van der Waals surface area contributed by atoms with Gasteiger partial charge in [0.15, 0.2) is 0 Å². The molecule has 0 saturated heterocycles. The van der Waals surface area contributed by atoms with Gasteiger partial charge in [-0.2, -0.15) is 0 Å². The Kier molecular flexibility index (Phi) is 4.45. The molecule has 0 bridgehead atoms. The fourth-order valence-corrected chi connectivity index (χ4v) is 6.52. The maximum atomic E-state index is 9.37. The van der Waals surface area contributed by atoms with Gasteiger partial charge in [0.05, 0.1) is 5.48 Å². The molecule has 0 aliphatic heterocycles. The molecule has 1 heteroatoms. The van der Waals surface area contributed by atoms with Crippen LogP contribution in [0.4, 0.5) is 0 Å². The summed E-state index contributed by atoms with van der Waals surface area (Å²) in [5.41, 5.74) is 5.55. The molecule has 0 saturated carbocycles. The van der Waals surface area contributed by atoms with Gasteiger partial charge in [-0.3, -0.25) is 0 Å². The van der Waals surface area contributed by atoms with E-state index < -0.39 is 0 Å². The summed E-state index contributed by atoms with van der Waals surface area (Å²) in [4.78, 5) is 0. The number of furan rings is 1. The van der Waals surface area contributed by atoms with Gasteiger partial charge >= 0.3 is 0 Å². The first-order valence-corrected chi connectivity index (χ1v) is 14.4. The Hall–Kier alpha value is -5.66. The SMILES string of the molecule is [2H]c1c([2H])c(-c2c3ccccc3c(-c3ccc4ccccc4c3)c3ccccc23)c([2H])c([2H])c1-c1ccc2oc3ccccc3c2c1. The van der Waals surface area contributed by atoms with Crippen molar-refractivity contribution in [3.8, 4) is 33.4 Å². The van der Waals surface area contributed by atoms with Crippen LogP contribution in [0.3, 0.4) is 0 Å². The molecule has 9 rings (SSSR count). The Bertz CT molecular complexity index is 2650. The average molecular weight is 551 g/mol. The van der Waals surface area contributed by atoms with Crippen LogP contribution in [-0.4, -0.2) is 0 Å². The number of para-hydroxylation sites is 1. The first kappa shape index (κ1) is 20.3. The Morgan fingerprint density at radius 1 is 0.349 bits per heavy atom. The lowest BCUT2D eigenvalue weighted by Gasteiger charge is -2.18. The second-order valence-corrected chi connectivity index (χ2v) is 11.0. The quantitative estimate of drug-likeness (QED) is 0.199. The minimum atomic E-state index is -0.0695. The zero-order chi connectivity index (χ0) is 31.8. The third-order valence-corrected chi connectivity index (χ3v) is 8.51. The average Bonchev–Trinajstić information content (AvgIpc) is 3.48. The van der Waals surface area contributed by atoms with Gasteiger partial charge in [0.1, 0.15) is 11.2 Å². The summed E-state index contributed by atoms with van der Waals surface area (Å²) >= 11 is 0. The van der Waals surface area contributed by atoms with E-state index in [9.17, 15) is 5.48 Å². The highest BCUT2D eigenvalue weighted by Crippen LogP contribution is 2.44. The van der Waals surface area contributed by atoms with Crippen LogP contribution in [0.25, 0.3) is 87.6 Å². The minimum Gasteiger partial charge on any atom is -0.456 e. The zero-order valence-electron chi connectivity index (χ0n) is 27.1. The lowest BCUT2D eigenvalue weighted by molar-refractivity contribution is 0.669. The van der Waals surface area contributed by atoms with Gasteiger partial charge in [0.2, 0.25) is 0 Å². The second kappa shape index (κ2) is 9.44. The van der Waals surface area contributed by atoms with Crippen LogP contribution in [0.2, 0.25) is 0 Å². The third-order valence-electron chi connectivity index (χ3n) is 8.51. The Morgan fingerprint density at radius 2 is 0.860 bits per heavy atom. The first-order valence-electron chi connectivity index (χ1n) is 16.4. The molecule has 0 aliphatic carbocycles. The van der Waals surface area contributed by atoms with Crippen molar-refractivity contribution in [2.45, 2.75) is 0 Å². The van der Waals surface area contributed by atoms with Crippen molar-refractivity contribution in [3.63, 3.8) is 0 Å². The summed E-state index contributed by atoms with van der Waals surface area (Å²) in [5, 5.41) is 7.90. The molecule has 1 aromatic heterocycles. The van der Waals surface area contributed by atoms with Crippen LogP contribution in [0.5, 0.6) is 0 Å². The molecule has 200 valence electrons. The van der Waals surface area contributed by atoms with Crippen molar-refractivity contribution in [1.82, 2.24) is 0 Å². The van der Waals surface area contributed by atoms with Crippen molar-refractivity contribution >= 4 is 54.3 Å². The lowest BCUT2D eigenvalue weighted by Crippen LogP contribution is -1.91. The van der Waals surface area contributed by atoms with Crippen molar-refractivity contribution in [2.24, 2.45) is 0 Å². The van der Waals surface area contributed by atoms with Gasteiger partial charge in [-0.25, -0.2) is 0 Å². The number of rotatable bonds is 3. The topological polar surface area (TPSA) is 13.1 Å². The maximum absolute atomic E-state index is 9.37. The van der Waals surface area contributed by atoms with Gasteiger partial charge in [0, 0.05) is 10.8 Å². The minimum absolute atomic E-state index is 0.0630. The molecule has 0 spiro atoms. The molecule has 9 aromatic rings. The largest absolute Gasteiger partial charge is 0.456 e. The van der Waals surface area contributed by atoms with E-state index in [1.165, 1.54) is 5.39 Å². The molecule has 0 aliphatic rings. The molecule has 0 atom stereocenters.